The van der Waals surface area contributed by atoms with E-state index in [0.717, 1.165) is 0 Å². The van der Waals surface area contributed by atoms with Gasteiger partial charge in [0.05, 0.1) is 8.07 Å². The van der Waals surface area contributed by atoms with Crippen molar-refractivity contribution in [3.63, 3.8) is 0 Å². The lowest BCUT2D eigenvalue weighted by Gasteiger charge is -2.19. The highest BCUT2D eigenvalue weighted by Gasteiger charge is 2.28. The van der Waals surface area contributed by atoms with Crippen molar-refractivity contribution in [1.82, 2.24) is 10.2 Å². The summed E-state index contributed by atoms with van der Waals surface area (Å²) in [4.78, 5) is 0. The van der Waals surface area contributed by atoms with E-state index in [-0.39, 0.29) is 16.8 Å². The van der Waals surface area contributed by atoms with Gasteiger partial charge >= 0.3 is 0 Å². The summed E-state index contributed by atoms with van der Waals surface area (Å²) in [5.41, 5.74) is 0. The van der Waals surface area contributed by atoms with Crippen molar-refractivity contribution in [3.8, 4) is 17.4 Å². The van der Waals surface area contributed by atoms with Crippen molar-refractivity contribution in [2.75, 3.05) is 0 Å². The molecule has 0 bridgehead atoms. The molecule has 0 radical (unpaired) electrons. The van der Waals surface area contributed by atoms with Crippen LogP contribution in [0.2, 0.25) is 24.8 Å². The Labute approximate surface area is 118 Å². The lowest BCUT2D eigenvalue weighted by Crippen LogP contribution is -2.39. The first kappa shape index (κ1) is 13.8. The van der Waals surface area contributed by atoms with E-state index in [1.807, 2.05) is 18.2 Å². The zero-order valence-electron chi connectivity index (χ0n) is 11.0. The lowest BCUT2D eigenvalue weighted by atomic mass is 10.3. The van der Waals surface area contributed by atoms with Crippen LogP contribution in [0.15, 0.2) is 30.3 Å². The number of ether oxygens (including phenoxy) is 1. The van der Waals surface area contributed by atoms with Crippen LogP contribution in [0, 0.1) is 0 Å². The van der Waals surface area contributed by atoms with E-state index in [1.54, 1.807) is 12.1 Å². The minimum atomic E-state index is -1.84. The predicted molar refractivity (Wildman–Crippen MR) is 78.2 cm³/mol. The van der Waals surface area contributed by atoms with Crippen molar-refractivity contribution < 1.29 is 9.84 Å². The van der Waals surface area contributed by atoms with Gasteiger partial charge in [-0.15, -0.1) is 10.2 Å². The smallest absolute Gasteiger partial charge is 0.281 e. The van der Waals surface area contributed by atoms with Gasteiger partial charge in [-0.25, -0.2) is 0 Å². The summed E-state index contributed by atoms with van der Waals surface area (Å²) in [6.07, 6.45) is 0. The lowest BCUT2D eigenvalue weighted by molar-refractivity contribution is 0.394. The summed E-state index contributed by atoms with van der Waals surface area (Å²) in [7, 11) is -1.84. The van der Waals surface area contributed by atoms with Crippen molar-refractivity contribution in [2.24, 2.45) is 0 Å². The van der Waals surface area contributed by atoms with Crippen LogP contribution in [-0.2, 0) is 0 Å². The highest BCUT2D eigenvalue weighted by Crippen LogP contribution is 2.29. The van der Waals surface area contributed by atoms with Crippen molar-refractivity contribution in [1.29, 1.82) is 0 Å². The van der Waals surface area contributed by atoms with Gasteiger partial charge in [0.15, 0.2) is 10.9 Å². The average molecular weight is 295 g/mol. The quantitative estimate of drug-likeness (QED) is 0.884. The topological polar surface area (TPSA) is 55.2 Å². The first-order valence-corrected chi connectivity index (χ1v) is 9.76. The van der Waals surface area contributed by atoms with Crippen LogP contribution in [-0.4, -0.2) is 23.4 Å². The number of benzene rings is 1. The fraction of sp³-hybridized carbons (Fsp3) is 0.231. The third-order valence-electron chi connectivity index (χ3n) is 2.58. The van der Waals surface area contributed by atoms with E-state index in [2.05, 4.69) is 29.8 Å². The van der Waals surface area contributed by atoms with Gasteiger partial charge in [0.2, 0.25) is 0 Å². The van der Waals surface area contributed by atoms with Crippen LogP contribution < -0.4 is 9.92 Å². The van der Waals surface area contributed by atoms with Gasteiger partial charge in [-0.1, -0.05) is 49.4 Å². The Morgan fingerprint density at radius 3 is 2.32 bits per heavy atom. The number of para-hydroxylation sites is 1. The van der Waals surface area contributed by atoms with Crippen LogP contribution in [0.4, 0.5) is 0 Å². The second-order valence-electron chi connectivity index (χ2n) is 5.18. The summed E-state index contributed by atoms with van der Waals surface area (Å²) in [5.74, 6) is 0.673. The molecule has 100 valence electrons. The largest absolute Gasteiger partial charge is 0.503 e. The third kappa shape index (κ3) is 3.05. The van der Waals surface area contributed by atoms with E-state index < -0.39 is 8.07 Å². The average Bonchev–Trinajstić information content (AvgIpc) is 2.32. The zero-order valence-corrected chi connectivity index (χ0v) is 12.8. The number of nitrogens with zero attached hydrogens (tertiary/aromatic N) is 2. The molecule has 1 aromatic carbocycles. The molecule has 1 heterocycles. The monoisotopic (exact) mass is 294 g/mol. The maximum absolute atomic E-state index is 10.3. The predicted octanol–water partition coefficient (Wildman–Crippen LogP) is 3.17. The molecule has 0 aliphatic rings. The molecule has 0 saturated heterocycles. The Balaban J connectivity index is 2.44. The summed E-state index contributed by atoms with van der Waals surface area (Å²) >= 11 is 6.03. The summed E-state index contributed by atoms with van der Waals surface area (Å²) in [5, 5.41) is 18.9. The minimum Gasteiger partial charge on any atom is -0.503 e. The van der Waals surface area contributed by atoms with E-state index >= 15 is 0 Å². The number of halogens is 1. The van der Waals surface area contributed by atoms with E-state index in [9.17, 15) is 5.11 Å². The van der Waals surface area contributed by atoms with Crippen LogP contribution in [0.25, 0.3) is 0 Å². The molecule has 0 aliphatic carbocycles. The fourth-order valence-electron chi connectivity index (χ4n) is 1.72. The SMILES string of the molecule is C[Si](C)(C)c1c(Cl)nnc(Oc2ccccc2)c1O. The molecule has 2 aromatic rings. The first-order chi connectivity index (χ1) is 8.89. The van der Waals surface area contributed by atoms with Crippen LogP contribution in [0.1, 0.15) is 0 Å². The van der Waals surface area contributed by atoms with Crippen LogP contribution in [0.3, 0.4) is 0 Å². The molecule has 0 spiro atoms. The van der Waals surface area contributed by atoms with E-state index in [1.165, 1.54) is 0 Å². The molecule has 0 atom stereocenters. The third-order valence-corrected chi connectivity index (χ3v) is 4.98. The molecule has 1 N–H and O–H groups in total. The van der Waals surface area contributed by atoms with Crippen LogP contribution in [0.5, 0.6) is 17.4 Å². The Morgan fingerprint density at radius 1 is 1.11 bits per heavy atom. The molecule has 0 unspecified atom stereocenters. The Kier molecular flexibility index (Phi) is 3.77. The van der Waals surface area contributed by atoms with Gasteiger partial charge in [0.1, 0.15) is 5.75 Å². The number of rotatable bonds is 3. The molecular weight excluding hydrogens is 280 g/mol. The second kappa shape index (κ2) is 5.18. The van der Waals surface area contributed by atoms with Crippen molar-refractivity contribution in [3.05, 3.63) is 35.5 Å². The van der Waals surface area contributed by atoms with Gasteiger partial charge < -0.3 is 9.84 Å². The molecule has 6 heteroatoms. The highest BCUT2D eigenvalue weighted by atomic mass is 35.5. The highest BCUT2D eigenvalue weighted by molar-refractivity contribution is 6.90. The number of aromatic hydroxyl groups is 1. The number of hydrogen-bond donors (Lipinski definition) is 1. The van der Waals surface area contributed by atoms with Gasteiger partial charge in [-0.05, 0) is 12.1 Å². The van der Waals surface area contributed by atoms with Gasteiger partial charge in [-0.3, -0.25) is 0 Å². The first-order valence-electron chi connectivity index (χ1n) is 5.88. The molecule has 0 aliphatic heterocycles. The number of hydrogen-bond acceptors (Lipinski definition) is 4. The van der Waals surface area contributed by atoms with E-state index in [4.69, 9.17) is 16.3 Å². The normalized spacial score (nSPS) is 11.4. The van der Waals surface area contributed by atoms with Crippen LogP contribution >= 0.6 is 11.6 Å². The molecule has 0 fully saturated rings. The molecule has 0 saturated carbocycles. The van der Waals surface area contributed by atoms with Gasteiger partial charge in [-0.2, -0.15) is 0 Å². The minimum absolute atomic E-state index is 0.0111. The number of aromatic nitrogens is 2. The second-order valence-corrected chi connectivity index (χ2v) is 10.5. The maximum atomic E-state index is 10.3. The standard InChI is InChI=1S/C13H15ClN2O2Si/c1-19(2,3)11-10(17)13(16-15-12(11)14)18-9-7-5-4-6-8-9/h4-8H,1-3H3,(H,15,17). The molecular formula is C13H15ClN2O2Si. The molecule has 1 aromatic heterocycles. The molecule has 4 nitrogen and oxygen atoms in total. The summed E-state index contributed by atoms with van der Waals surface area (Å²) in [6.45, 7) is 6.21. The molecule has 2 rings (SSSR count). The molecule has 19 heavy (non-hydrogen) atoms. The van der Waals surface area contributed by atoms with Gasteiger partial charge in [0, 0.05) is 5.19 Å². The Bertz CT molecular complexity index is 585. The Morgan fingerprint density at radius 2 is 1.74 bits per heavy atom. The van der Waals surface area contributed by atoms with E-state index in [0.29, 0.717) is 10.9 Å². The zero-order chi connectivity index (χ0) is 14.0. The summed E-state index contributed by atoms with van der Waals surface area (Å²) in [6, 6.07) is 9.13. The maximum Gasteiger partial charge on any atom is 0.281 e. The van der Waals surface area contributed by atoms with Gasteiger partial charge in [0.25, 0.3) is 5.88 Å². The van der Waals surface area contributed by atoms with Crippen molar-refractivity contribution in [2.45, 2.75) is 19.6 Å². The fourth-order valence-corrected chi connectivity index (χ4v) is 4.19. The molecule has 0 amide bonds. The summed E-state index contributed by atoms with van der Waals surface area (Å²) < 4.78 is 5.54. The Hall–Kier alpha value is -1.59. The van der Waals surface area contributed by atoms with Crippen molar-refractivity contribution >= 4 is 24.9 Å².